The summed E-state index contributed by atoms with van der Waals surface area (Å²) >= 11 is 0. The van der Waals surface area contributed by atoms with Gasteiger partial charge in [0.2, 0.25) is 5.95 Å². The zero-order valence-corrected chi connectivity index (χ0v) is 15.7. The first-order valence-corrected chi connectivity index (χ1v) is 8.82. The zero-order valence-electron chi connectivity index (χ0n) is 15.7. The summed E-state index contributed by atoms with van der Waals surface area (Å²) < 4.78 is 10.5. The number of nitrogens with two attached hydrogens (primary N) is 2. The Morgan fingerprint density at radius 1 is 1.07 bits per heavy atom. The van der Waals surface area contributed by atoms with Crippen LogP contribution in [0.15, 0.2) is 60.8 Å². The van der Waals surface area contributed by atoms with Gasteiger partial charge in [-0.05, 0) is 29.8 Å². The van der Waals surface area contributed by atoms with Crippen LogP contribution in [-0.4, -0.2) is 30.3 Å². The monoisotopic (exact) mass is 380 g/mol. The van der Waals surface area contributed by atoms with E-state index in [1.807, 2.05) is 54.6 Å². The maximum absolute atomic E-state index is 6.30. The van der Waals surface area contributed by atoms with Gasteiger partial charge < -0.3 is 20.5 Å². The molecule has 0 atom stereocenters. The molecule has 0 bridgehead atoms. The molecule has 28 heavy (non-hydrogen) atoms. The Kier molecular flexibility index (Phi) is 6.74. The summed E-state index contributed by atoms with van der Waals surface area (Å²) in [6, 6.07) is 17.3. The molecule has 0 unspecified atom stereocenters. The number of para-hydroxylation sites is 1. The van der Waals surface area contributed by atoms with Gasteiger partial charge in [0.15, 0.2) is 5.82 Å². The first kappa shape index (κ1) is 19.6. The number of nitrogens with zero attached hydrogens (tertiary/aromatic N) is 3. The molecular weight excluding hydrogens is 356 g/mol. The van der Waals surface area contributed by atoms with Crippen molar-refractivity contribution in [3.8, 4) is 0 Å². The van der Waals surface area contributed by atoms with Crippen molar-refractivity contribution in [3.05, 3.63) is 66.4 Å². The Balaban J connectivity index is 1.76. The lowest BCUT2D eigenvalue weighted by Crippen LogP contribution is -2.27. The molecule has 3 aromatic rings. The fraction of sp³-hybridized carbons (Fsp3) is 0.200. The minimum absolute atomic E-state index is 0.378. The van der Waals surface area contributed by atoms with Crippen LogP contribution in [0.5, 0.6) is 0 Å². The van der Waals surface area contributed by atoms with Crippen molar-refractivity contribution < 1.29 is 9.47 Å². The second-order valence-corrected chi connectivity index (χ2v) is 6.05. The molecule has 0 spiro atoms. The first-order chi connectivity index (χ1) is 13.7. The quantitative estimate of drug-likeness (QED) is 0.295. The summed E-state index contributed by atoms with van der Waals surface area (Å²) in [5, 5.41) is 4.57. The molecule has 1 heterocycles. The maximum atomic E-state index is 6.30. The second kappa shape index (κ2) is 9.65. The van der Waals surface area contributed by atoms with Crippen LogP contribution in [-0.2, 0) is 16.1 Å². The third-order valence-corrected chi connectivity index (χ3v) is 3.94. The molecule has 3 rings (SSSR count). The lowest BCUT2D eigenvalue weighted by atomic mass is 10.2. The van der Waals surface area contributed by atoms with Gasteiger partial charge in [-0.2, -0.15) is 4.98 Å². The number of anilines is 5. The molecule has 0 aliphatic rings. The Bertz CT molecular complexity index is 891. The topological polar surface area (TPSA) is 112 Å². The molecule has 8 nitrogen and oxygen atoms in total. The van der Waals surface area contributed by atoms with E-state index < -0.39 is 0 Å². The molecule has 8 heteroatoms. The van der Waals surface area contributed by atoms with Crippen molar-refractivity contribution in [2.45, 2.75) is 6.61 Å². The molecule has 1 aromatic heterocycles. The highest BCUT2D eigenvalue weighted by molar-refractivity contribution is 5.71. The number of rotatable bonds is 9. The molecule has 5 N–H and O–H groups in total. The molecule has 0 fully saturated rings. The SMILES string of the molecule is COCCOCc1cccc(N(N)c2nc(Nc3ccccc3)ncc2N)c1. The molecule has 146 valence electrons. The maximum Gasteiger partial charge on any atom is 0.229 e. The number of ether oxygens (including phenoxy) is 2. The van der Waals surface area contributed by atoms with Crippen molar-refractivity contribution >= 4 is 28.8 Å². The van der Waals surface area contributed by atoms with Crippen LogP contribution in [0, 0.1) is 0 Å². The number of hydrazine groups is 1. The summed E-state index contributed by atoms with van der Waals surface area (Å²) in [5.74, 6) is 7.11. The number of aromatic nitrogens is 2. The van der Waals surface area contributed by atoms with Crippen LogP contribution in [0.25, 0.3) is 0 Å². The van der Waals surface area contributed by atoms with Gasteiger partial charge in [0.05, 0.1) is 37.4 Å². The number of methoxy groups -OCH3 is 1. The average molecular weight is 380 g/mol. The summed E-state index contributed by atoms with van der Waals surface area (Å²) in [4.78, 5) is 8.69. The molecule has 0 saturated heterocycles. The van der Waals surface area contributed by atoms with Gasteiger partial charge in [0.25, 0.3) is 0 Å². The average Bonchev–Trinajstić information content (AvgIpc) is 2.73. The number of nitrogens with one attached hydrogen (secondary N) is 1. The third kappa shape index (κ3) is 5.17. The number of hydrogen-bond donors (Lipinski definition) is 3. The van der Waals surface area contributed by atoms with Crippen LogP contribution in [0.4, 0.5) is 28.8 Å². The smallest absolute Gasteiger partial charge is 0.229 e. The predicted molar refractivity (Wildman–Crippen MR) is 110 cm³/mol. The van der Waals surface area contributed by atoms with Crippen LogP contribution < -0.4 is 21.9 Å². The second-order valence-electron chi connectivity index (χ2n) is 6.05. The number of nitrogen functional groups attached to an aromatic ring is 1. The van der Waals surface area contributed by atoms with E-state index in [0.29, 0.717) is 37.3 Å². The van der Waals surface area contributed by atoms with E-state index in [9.17, 15) is 0 Å². The Morgan fingerprint density at radius 2 is 1.89 bits per heavy atom. The molecule has 2 aromatic carbocycles. The van der Waals surface area contributed by atoms with Gasteiger partial charge in [0, 0.05) is 12.8 Å². The standard InChI is InChI=1S/C20H24N6O2/c1-27-10-11-28-14-15-6-5-9-17(12-15)26(22)19-18(21)13-23-20(25-19)24-16-7-3-2-4-8-16/h2-9,12-13H,10-11,14,21-22H2,1H3,(H,23,24,25). The molecule has 0 aliphatic heterocycles. The number of hydrogen-bond acceptors (Lipinski definition) is 8. The third-order valence-electron chi connectivity index (χ3n) is 3.94. The van der Waals surface area contributed by atoms with Crippen molar-refractivity contribution in [1.82, 2.24) is 9.97 Å². The van der Waals surface area contributed by atoms with Gasteiger partial charge in [-0.3, -0.25) is 5.01 Å². The van der Waals surface area contributed by atoms with E-state index in [-0.39, 0.29) is 0 Å². The normalized spacial score (nSPS) is 10.6. The molecule has 0 radical (unpaired) electrons. The summed E-state index contributed by atoms with van der Waals surface area (Å²) in [6.07, 6.45) is 1.53. The highest BCUT2D eigenvalue weighted by Crippen LogP contribution is 2.27. The fourth-order valence-corrected chi connectivity index (χ4v) is 2.54. The van der Waals surface area contributed by atoms with Crippen molar-refractivity contribution in [1.29, 1.82) is 0 Å². The first-order valence-electron chi connectivity index (χ1n) is 8.82. The lowest BCUT2D eigenvalue weighted by molar-refractivity contribution is 0.0617. The zero-order chi connectivity index (χ0) is 19.8. The minimum Gasteiger partial charge on any atom is -0.394 e. The van der Waals surface area contributed by atoms with Gasteiger partial charge in [-0.1, -0.05) is 30.3 Å². The Hall–Kier alpha value is -3.20. The van der Waals surface area contributed by atoms with E-state index in [1.165, 1.54) is 11.2 Å². The van der Waals surface area contributed by atoms with Crippen LogP contribution >= 0.6 is 0 Å². The Morgan fingerprint density at radius 3 is 2.68 bits per heavy atom. The van der Waals surface area contributed by atoms with Crippen LogP contribution in [0.1, 0.15) is 5.56 Å². The highest BCUT2D eigenvalue weighted by Gasteiger charge is 2.13. The van der Waals surface area contributed by atoms with Gasteiger partial charge in [0.1, 0.15) is 0 Å². The van der Waals surface area contributed by atoms with E-state index in [2.05, 4.69) is 15.3 Å². The Labute approximate surface area is 164 Å². The summed E-state index contributed by atoms with van der Waals surface area (Å²) in [6.45, 7) is 1.54. The summed E-state index contributed by atoms with van der Waals surface area (Å²) in [5.41, 5.74) is 9.03. The molecule has 0 saturated carbocycles. The van der Waals surface area contributed by atoms with E-state index >= 15 is 0 Å². The van der Waals surface area contributed by atoms with E-state index in [4.69, 9.17) is 21.1 Å². The molecule has 0 aliphatic carbocycles. The van der Waals surface area contributed by atoms with Crippen molar-refractivity contribution in [2.75, 3.05) is 36.4 Å². The summed E-state index contributed by atoms with van der Waals surface area (Å²) in [7, 11) is 1.64. The van der Waals surface area contributed by atoms with Gasteiger partial charge in [-0.25, -0.2) is 10.8 Å². The largest absolute Gasteiger partial charge is 0.394 e. The van der Waals surface area contributed by atoms with Crippen LogP contribution in [0.3, 0.4) is 0 Å². The fourth-order valence-electron chi connectivity index (χ4n) is 2.54. The molecule has 0 amide bonds. The van der Waals surface area contributed by atoms with Crippen LogP contribution in [0.2, 0.25) is 0 Å². The predicted octanol–water partition coefficient (Wildman–Crippen LogP) is 2.98. The minimum atomic E-state index is 0.378. The van der Waals surface area contributed by atoms with E-state index in [1.54, 1.807) is 7.11 Å². The van der Waals surface area contributed by atoms with E-state index in [0.717, 1.165) is 16.9 Å². The van der Waals surface area contributed by atoms with Gasteiger partial charge >= 0.3 is 0 Å². The van der Waals surface area contributed by atoms with Crippen molar-refractivity contribution in [3.63, 3.8) is 0 Å². The van der Waals surface area contributed by atoms with Gasteiger partial charge in [-0.15, -0.1) is 0 Å². The highest BCUT2D eigenvalue weighted by atomic mass is 16.5. The molecular formula is C20H24N6O2. The van der Waals surface area contributed by atoms with Crippen molar-refractivity contribution in [2.24, 2.45) is 5.84 Å². The lowest BCUT2D eigenvalue weighted by Gasteiger charge is -2.20. The number of benzene rings is 2.